The minimum atomic E-state index is -4.18. The molecule has 0 fully saturated rings. The number of rotatable bonds is 12. The standard InChI is InChI=1S/C29H34FN3O5S/c1-5-17-31-29(35)22(3)32(19-23-11-13-24(30)14-12-23)28(34)20-33(25-7-6-8-26(18-25)38-4)39(36,37)27-15-9-21(2)10-16-27/h6-16,18,22H,5,17,19-20H2,1-4H3,(H,31,35)/t22-/m1/s1. The SMILES string of the molecule is CCCNC(=O)[C@@H](C)N(Cc1ccc(F)cc1)C(=O)CN(c1cccc(OC)c1)S(=O)(=O)c1ccc(C)cc1. The Morgan fingerprint density at radius 3 is 2.31 bits per heavy atom. The Morgan fingerprint density at radius 1 is 1.03 bits per heavy atom. The van der Waals surface area contributed by atoms with Crippen molar-refractivity contribution in [3.05, 3.63) is 89.7 Å². The monoisotopic (exact) mass is 555 g/mol. The topological polar surface area (TPSA) is 96.0 Å². The number of benzene rings is 3. The van der Waals surface area contributed by atoms with Gasteiger partial charge in [-0.15, -0.1) is 0 Å². The summed E-state index contributed by atoms with van der Waals surface area (Å²) in [4.78, 5) is 28.0. The third kappa shape index (κ3) is 7.57. The molecular weight excluding hydrogens is 521 g/mol. The molecule has 8 nitrogen and oxygen atoms in total. The Morgan fingerprint density at radius 2 is 1.69 bits per heavy atom. The van der Waals surface area contributed by atoms with E-state index in [2.05, 4.69) is 5.32 Å². The van der Waals surface area contributed by atoms with E-state index in [0.29, 0.717) is 24.3 Å². The lowest BCUT2D eigenvalue weighted by atomic mass is 10.1. The maximum Gasteiger partial charge on any atom is 0.264 e. The van der Waals surface area contributed by atoms with E-state index in [1.165, 1.54) is 54.5 Å². The molecule has 10 heteroatoms. The van der Waals surface area contributed by atoms with Crippen LogP contribution in [0.4, 0.5) is 10.1 Å². The molecular formula is C29H34FN3O5S. The molecule has 39 heavy (non-hydrogen) atoms. The third-order valence-electron chi connectivity index (χ3n) is 6.21. The fraction of sp³-hybridized carbons (Fsp3) is 0.310. The summed E-state index contributed by atoms with van der Waals surface area (Å²) in [5, 5.41) is 2.78. The fourth-order valence-corrected chi connectivity index (χ4v) is 5.30. The fourth-order valence-electron chi connectivity index (χ4n) is 3.90. The molecule has 0 spiro atoms. The first-order chi connectivity index (χ1) is 18.6. The summed E-state index contributed by atoms with van der Waals surface area (Å²) in [6.07, 6.45) is 0.711. The summed E-state index contributed by atoms with van der Waals surface area (Å²) in [7, 11) is -2.72. The number of halogens is 1. The Bertz CT molecular complexity index is 1380. The number of carbonyl (C=O) groups is 2. The highest BCUT2D eigenvalue weighted by molar-refractivity contribution is 7.92. The number of hydrogen-bond acceptors (Lipinski definition) is 5. The predicted octanol–water partition coefficient (Wildman–Crippen LogP) is 4.28. The van der Waals surface area contributed by atoms with Gasteiger partial charge in [0.05, 0.1) is 17.7 Å². The molecule has 1 atom stereocenters. The van der Waals surface area contributed by atoms with Gasteiger partial charge in [0.1, 0.15) is 24.2 Å². The van der Waals surface area contributed by atoms with Crippen LogP contribution in [0.2, 0.25) is 0 Å². The van der Waals surface area contributed by atoms with Gasteiger partial charge in [0.25, 0.3) is 10.0 Å². The quantitative estimate of drug-likeness (QED) is 0.360. The smallest absolute Gasteiger partial charge is 0.264 e. The first-order valence-corrected chi connectivity index (χ1v) is 14.1. The van der Waals surface area contributed by atoms with E-state index < -0.39 is 34.3 Å². The zero-order chi connectivity index (χ0) is 28.6. The number of aryl methyl sites for hydroxylation is 1. The van der Waals surface area contributed by atoms with Crippen molar-refractivity contribution in [2.24, 2.45) is 0 Å². The number of amides is 2. The van der Waals surface area contributed by atoms with Crippen LogP contribution in [-0.4, -0.2) is 51.4 Å². The lowest BCUT2D eigenvalue weighted by Gasteiger charge is -2.32. The van der Waals surface area contributed by atoms with Crippen molar-refractivity contribution in [1.29, 1.82) is 0 Å². The highest BCUT2D eigenvalue weighted by atomic mass is 32.2. The van der Waals surface area contributed by atoms with Crippen molar-refractivity contribution in [2.45, 2.75) is 44.7 Å². The minimum absolute atomic E-state index is 0.0162. The van der Waals surface area contributed by atoms with Crippen LogP contribution in [0.15, 0.2) is 77.7 Å². The molecule has 0 aromatic heterocycles. The van der Waals surface area contributed by atoms with Crippen LogP contribution >= 0.6 is 0 Å². The Balaban J connectivity index is 2.03. The average Bonchev–Trinajstić information content (AvgIpc) is 2.93. The largest absolute Gasteiger partial charge is 0.497 e. The lowest BCUT2D eigenvalue weighted by Crippen LogP contribution is -2.51. The van der Waals surface area contributed by atoms with Crippen molar-refractivity contribution < 1.29 is 27.1 Å². The highest BCUT2D eigenvalue weighted by Gasteiger charge is 2.32. The number of anilines is 1. The van der Waals surface area contributed by atoms with E-state index in [1.807, 2.05) is 13.8 Å². The summed E-state index contributed by atoms with van der Waals surface area (Å²) in [5.74, 6) is -0.989. The summed E-state index contributed by atoms with van der Waals surface area (Å²) >= 11 is 0. The molecule has 208 valence electrons. The first-order valence-electron chi connectivity index (χ1n) is 12.6. The van der Waals surface area contributed by atoms with E-state index in [-0.39, 0.29) is 23.0 Å². The number of hydrogen-bond donors (Lipinski definition) is 1. The molecule has 0 bridgehead atoms. The normalized spacial score (nSPS) is 11.9. The van der Waals surface area contributed by atoms with E-state index >= 15 is 0 Å². The molecule has 0 saturated carbocycles. The average molecular weight is 556 g/mol. The van der Waals surface area contributed by atoms with Gasteiger partial charge in [-0.25, -0.2) is 12.8 Å². The molecule has 0 aliphatic carbocycles. The van der Waals surface area contributed by atoms with Crippen molar-refractivity contribution in [3.8, 4) is 5.75 Å². The molecule has 0 unspecified atom stereocenters. The molecule has 1 N–H and O–H groups in total. The van der Waals surface area contributed by atoms with Crippen LogP contribution in [0.1, 0.15) is 31.4 Å². The molecule has 0 radical (unpaired) electrons. The number of nitrogens with one attached hydrogen (secondary N) is 1. The number of nitrogens with zero attached hydrogens (tertiary/aromatic N) is 2. The highest BCUT2D eigenvalue weighted by Crippen LogP contribution is 2.28. The van der Waals surface area contributed by atoms with Gasteiger partial charge in [-0.05, 0) is 62.2 Å². The summed E-state index contributed by atoms with van der Waals surface area (Å²) in [6, 6.07) is 17.4. The first kappa shape index (κ1) is 29.6. The van der Waals surface area contributed by atoms with Crippen LogP contribution in [0.25, 0.3) is 0 Å². The summed E-state index contributed by atoms with van der Waals surface area (Å²) in [5.41, 5.74) is 1.71. The van der Waals surface area contributed by atoms with Gasteiger partial charge in [-0.1, -0.05) is 42.8 Å². The van der Waals surface area contributed by atoms with Gasteiger partial charge in [-0.2, -0.15) is 0 Å². The number of ether oxygens (including phenoxy) is 1. The van der Waals surface area contributed by atoms with Crippen LogP contribution < -0.4 is 14.4 Å². The molecule has 0 saturated heterocycles. The Labute approximate surface area is 229 Å². The predicted molar refractivity (Wildman–Crippen MR) is 148 cm³/mol. The molecule has 3 aromatic rings. The molecule has 0 aliphatic heterocycles. The second-order valence-corrected chi connectivity index (χ2v) is 11.0. The zero-order valence-electron chi connectivity index (χ0n) is 22.6. The summed E-state index contributed by atoms with van der Waals surface area (Å²) < 4.78 is 47.5. The second-order valence-electron chi connectivity index (χ2n) is 9.14. The van der Waals surface area contributed by atoms with E-state index in [1.54, 1.807) is 37.3 Å². The lowest BCUT2D eigenvalue weighted by molar-refractivity contribution is -0.139. The number of carbonyl (C=O) groups excluding carboxylic acids is 2. The van der Waals surface area contributed by atoms with Gasteiger partial charge in [0.15, 0.2) is 0 Å². The van der Waals surface area contributed by atoms with Crippen molar-refractivity contribution in [2.75, 3.05) is 24.5 Å². The number of methoxy groups -OCH3 is 1. The van der Waals surface area contributed by atoms with E-state index in [9.17, 15) is 22.4 Å². The van der Waals surface area contributed by atoms with Gasteiger partial charge in [0.2, 0.25) is 11.8 Å². The van der Waals surface area contributed by atoms with Gasteiger partial charge >= 0.3 is 0 Å². The Hall–Kier alpha value is -3.92. The molecule has 0 heterocycles. The van der Waals surface area contributed by atoms with Crippen LogP contribution in [0.5, 0.6) is 5.75 Å². The van der Waals surface area contributed by atoms with E-state index in [0.717, 1.165) is 9.87 Å². The van der Waals surface area contributed by atoms with Crippen molar-refractivity contribution in [3.63, 3.8) is 0 Å². The maximum atomic E-state index is 13.8. The van der Waals surface area contributed by atoms with Crippen LogP contribution in [0.3, 0.4) is 0 Å². The van der Waals surface area contributed by atoms with Gasteiger partial charge < -0.3 is 15.0 Å². The molecule has 2 amide bonds. The summed E-state index contributed by atoms with van der Waals surface area (Å²) in [6.45, 7) is 5.18. The molecule has 0 aliphatic rings. The third-order valence-corrected chi connectivity index (χ3v) is 8.00. The van der Waals surface area contributed by atoms with Crippen LogP contribution in [-0.2, 0) is 26.2 Å². The van der Waals surface area contributed by atoms with Crippen LogP contribution in [0, 0.1) is 12.7 Å². The number of sulfonamides is 1. The maximum absolute atomic E-state index is 13.8. The van der Waals surface area contributed by atoms with Crippen molar-refractivity contribution in [1.82, 2.24) is 10.2 Å². The Kier molecular flexibility index (Phi) is 10.1. The molecule has 3 aromatic carbocycles. The second kappa shape index (κ2) is 13.2. The van der Waals surface area contributed by atoms with E-state index in [4.69, 9.17) is 4.74 Å². The zero-order valence-corrected chi connectivity index (χ0v) is 23.4. The van der Waals surface area contributed by atoms with Crippen molar-refractivity contribution >= 4 is 27.5 Å². The van der Waals surface area contributed by atoms with Gasteiger partial charge in [-0.3, -0.25) is 13.9 Å². The van der Waals surface area contributed by atoms with Gasteiger partial charge in [0, 0.05) is 19.2 Å². The minimum Gasteiger partial charge on any atom is -0.497 e. The molecule has 3 rings (SSSR count).